The zero-order valence-corrected chi connectivity index (χ0v) is 21.7. The van der Waals surface area contributed by atoms with Crippen LogP contribution in [0.1, 0.15) is 57.4 Å². The van der Waals surface area contributed by atoms with E-state index in [-0.39, 0.29) is 35.3 Å². The fraction of sp³-hybridized carbons (Fsp3) is 0.480. The number of Topliss-reactive ketones (excluding diaryl/α,β-unsaturated/α-hetero) is 1. The number of carbonyl (C=O) groups is 1. The van der Waals surface area contributed by atoms with Gasteiger partial charge in [0.05, 0.1) is 52.7 Å². The van der Waals surface area contributed by atoms with Crippen LogP contribution in [0.4, 0.5) is 4.39 Å². The molecule has 0 aliphatic carbocycles. The molecule has 194 valence electrons. The molecule has 1 N–H and O–H groups in total. The Kier molecular flexibility index (Phi) is 6.37. The molecule has 1 fully saturated rings. The second-order valence-electron chi connectivity index (χ2n) is 10.4. The minimum absolute atomic E-state index is 0.0421. The van der Waals surface area contributed by atoms with E-state index < -0.39 is 38.4 Å². The predicted molar refractivity (Wildman–Crippen MR) is 133 cm³/mol. The van der Waals surface area contributed by atoms with Gasteiger partial charge in [0, 0.05) is 23.5 Å². The summed E-state index contributed by atoms with van der Waals surface area (Å²) in [6.07, 6.45) is 1.01. The molecular formula is C25H30FN3O6S. The summed E-state index contributed by atoms with van der Waals surface area (Å²) in [6.45, 7) is 8.59. The van der Waals surface area contributed by atoms with Crippen molar-refractivity contribution in [3.63, 3.8) is 0 Å². The number of ether oxygens (including phenoxy) is 1. The Balaban J connectivity index is 1.89. The van der Waals surface area contributed by atoms with Crippen LogP contribution in [-0.2, 0) is 9.84 Å². The molecule has 0 saturated carbocycles. The molecule has 0 radical (unpaired) electrons. The second kappa shape index (κ2) is 8.81. The van der Waals surface area contributed by atoms with Crippen LogP contribution >= 0.6 is 0 Å². The number of sulfone groups is 1. The van der Waals surface area contributed by atoms with E-state index >= 15 is 0 Å². The molecule has 1 atom stereocenters. The van der Waals surface area contributed by atoms with E-state index in [1.54, 1.807) is 46.8 Å². The lowest BCUT2D eigenvalue weighted by molar-refractivity contribution is 0.0307. The van der Waals surface area contributed by atoms with Crippen LogP contribution in [0.2, 0.25) is 0 Å². The maximum Gasteiger partial charge on any atom is 0.334 e. The van der Waals surface area contributed by atoms with Crippen LogP contribution in [0.5, 0.6) is 5.88 Å². The molecule has 0 unspecified atom stereocenters. The van der Waals surface area contributed by atoms with Gasteiger partial charge in [-0.1, -0.05) is 6.92 Å². The van der Waals surface area contributed by atoms with Gasteiger partial charge in [0.25, 0.3) is 0 Å². The third kappa shape index (κ3) is 4.69. The quantitative estimate of drug-likeness (QED) is 0.454. The van der Waals surface area contributed by atoms with Crippen molar-refractivity contribution in [2.75, 3.05) is 18.1 Å². The molecule has 9 nitrogen and oxygen atoms in total. The van der Waals surface area contributed by atoms with Crippen LogP contribution in [0.15, 0.2) is 35.3 Å². The second-order valence-corrected chi connectivity index (χ2v) is 12.4. The first-order valence-electron chi connectivity index (χ1n) is 11.7. The number of hydrogen-bond donors (Lipinski definition) is 1. The molecule has 3 heterocycles. The van der Waals surface area contributed by atoms with Crippen molar-refractivity contribution in [1.29, 1.82) is 0 Å². The number of fused-ring (bicyclic) bond motifs is 1. The Hall–Kier alpha value is -3.05. The van der Waals surface area contributed by atoms with Gasteiger partial charge in [-0.15, -0.1) is 0 Å². The molecule has 0 bridgehead atoms. The molecule has 1 aliphatic heterocycles. The van der Waals surface area contributed by atoms with Crippen molar-refractivity contribution in [1.82, 2.24) is 14.1 Å². The Morgan fingerprint density at radius 3 is 2.53 bits per heavy atom. The minimum Gasteiger partial charge on any atom is -0.478 e. The third-order valence-electron chi connectivity index (χ3n) is 6.67. The van der Waals surface area contributed by atoms with Gasteiger partial charge in [-0.3, -0.25) is 13.9 Å². The van der Waals surface area contributed by atoms with Gasteiger partial charge in [-0.2, -0.15) is 0 Å². The molecule has 0 spiro atoms. The van der Waals surface area contributed by atoms with E-state index in [1.807, 2.05) is 0 Å². The minimum atomic E-state index is -3.11. The Morgan fingerprint density at radius 2 is 1.94 bits per heavy atom. The Morgan fingerprint density at radius 1 is 1.28 bits per heavy atom. The van der Waals surface area contributed by atoms with Gasteiger partial charge in [-0.05, 0) is 45.9 Å². The van der Waals surface area contributed by atoms with Crippen molar-refractivity contribution in [2.24, 2.45) is 5.41 Å². The zero-order chi connectivity index (χ0) is 26.6. The van der Waals surface area contributed by atoms with Crippen molar-refractivity contribution >= 4 is 26.7 Å². The number of aromatic nitrogens is 3. The summed E-state index contributed by atoms with van der Waals surface area (Å²) in [5.74, 6) is -0.948. The van der Waals surface area contributed by atoms with Gasteiger partial charge in [0.2, 0.25) is 5.88 Å². The van der Waals surface area contributed by atoms with E-state index in [2.05, 4.69) is 4.98 Å². The number of ketones is 1. The molecule has 3 aromatic rings. The summed E-state index contributed by atoms with van der Waals surface area (Å²) in [6, 6.07) is 5.23. The highest BCUT2D eigenvalue weighted by Gasteiger charge is 2.45. The molecule has 4 rings (SSSR count). The van der Waals surface area contributed by atoms with Crippen LogP contribution in [-0.4, -0.2) is 57.1 Å². The SMILES string of the molecule is CCOc1cc(-n2c(=O)n([C@H](C)C(C)(C)O)c3cc(C(=O)CC4(C)CS(=O)(=O)C4)ccc32)c(F)cn1. The van der Waals surface area contributed by atoms with Crippen molar-refractivity contribution in [3.8, 4) is 11.6 Å². The fourth-order valence-corrected chi connectivity index (χ4v) is 6.98. The van der Waals surface area contributed by atoms with Crippen molar-refractivity contribution < 1.29 is 27.4 Å². The number of rotatable bonds is 8. The number of halogens is 1. The molecule has 36 heavy (non-hydrogen) atoms. The van der Waals surface area contributed by atoms with Gasteiger partial charge >= 0.3 is 5.69 Å². The zero-order valence-electron chi connectivity index (χ0n) is 20.9. The third-order valence-corrected chi connectivity index (χ3v) is 8.95. The molecule has 1 aromatic carbocycles. The summed E-state index contributed by atoms with van der Waals surface area (Å²) in [7, 11) is -3.11. The normalized spacial score (nSPS) is 17.5. The summed E-state index contributed by atoms with van der Waals surface area (Å²) in [5.41, 5.74) is -1.66. The molecule has 1 saturated heterocycles. The van der Waals surface area contributed by atoms with E-state index in [1.165, 1.54) is 21.3 Å². The first kappa shape index (κ1) is 26.0. The average Bonchev–Trinajstić information content (AvgIpc) is 3.03. The average molecular weight is 520 g/mol. The number of imidazole rings is 1. The highest BCUT2D eigenvalue weighted by Crippen LogP contribution is 2.37. The molecule has 1 aliphatic rings. The Bertz CT molecular complexity index is 1510. The number of carbonyl (C=O) groups excluding carboxylic acids is 1. The molecule has 2 aromatic heterocycles. The number of benzene rings is 1. The summed E-state index contributed by atoms with van der Waals surface area (Å²) in [5, 5.41) is 10.7. The lowest BCUT2D eigenvalue weighted by atomic mass is 9.86. The van der Waals surface area contributed by atoms with Gasteiger partial charge in [0.15, 0.2) is 21.4 Å². The van der Waals surface area contributed by atoms with E-state index in [0.29, 0.717) is 23.2 Å². The molecule has 0 amide bonds. The van der Waals surface area contributed by atoms with Crippen LogP contribution in [0.25, 0.3) is 16.7 Å². The summed E-state index contributed by atoms with van der Waals surface area (Å²) in [4.78, 5) is 30.7. The number of aliphatic hydroxyl groups is 1. The maximum atomic E-state index is 14.9. The fourth-order valence-electron chi connectivity index (χ4n) is 4.73. The van der Waals surface area contributed by atoms with E-state index in [0.717, 1.165) is 6.20 Å². The van der Waals surface area contributed by atoms with Crippen LogP contribution in [0, 0.1) is 11.2 Å². The molecule has 11 heteroatoms. The lowest BCUT2D eigenvalue weighted by Gasteiger charge is -2.37. The number of hydrogen-bond acceptors (Lipinski definition) is 7. The largest absolute Gasteiger partial charge is 0.478 e. The maximum absolute atomic E-state index is 14.9. The Labute approximate surface area is 208 Å². The van der Waals surface area contributed by atoms with Gasteiger partial charge < -0.3 is 9.84 Å². The number of pyridine rings is 1. The first-order chi connectivity index (χ1) is 16.7. The first-order valence-corrected chi connectivity index (χ1v) is 13.5. The van der Waals surface area contributed by atoms with E-state index in [4.69, 9.17) is 4.74 Å². The summed E-state index contributed by atoms with van der Waals surface area (Å²) < 4.78 is 46.1. The van der Waals surface area contributed by atoms with Crippen molar-refractivity contribution in [2.45, 2.75) is 52.7 Å². The highest BCUT2D eigenvalue weighted by molar-refractivity contribution is 7.92. The summed E-state index contributed by atoms with van der Waals surface area (Å²) >= 11 is 0. The van der Waals surface area contributed by atoms with Crippen LogP contribution < -0.4 is 10.4 Å². The lowest BCUT2D eigenvalue weighted by Crippen LogP contribution is -2.47. The van der Waals surface area contributed by atoms with Crippen LogP contribution in [0.3, 0.4) is 0 Å². The molecular weight excluding hydrogens is 489 g/mol. The monoisotopic (exact) mass is 519 g/mol. The topological polar surface area (TPSA) is 120 Å². The van der Waals surface area contributed by atoms with E-state index in [9.17, 15) is 27.5 Å². The highest BCUT2D eigenvalue weighted by atomic mass is 32.2. The smallest absolute Gasteiger partial charge is 0.334 e. The van der Waals surface area contributed by atoms with Gasteiger partial charge in [-0.25, -0.2) is 22.6 Å². The van der Waals surface area contributed by atoms with Gasteiger partial charge in [0.1, 0.15) is 0 Å². The van der Waals surface area contributed by atoms with Crippen molar-refractivity contribution in [3.05, 3.63) is 52.3 Å². The standard InChI is InChI=1S/C25H30FN3O6S/c1-6-35-22-10-19(17(26)12-27-22)29-18-8-7-16(21(30)11-25(5)13-36(33,34)14-25)9-20(18)28(23(29)31)15(2)24(3,4)32/h7-10,12,15,32H,6,11,13-14H2,1-5H3/t15-/m1/s1. The number of nitrogens with zero attached hydrogens (tertiary/aromatic N) is 3. The predicted octanol–water partition coefficient (Wildman–Crippen LogP) is 3.06.